The fourth-order valence-electron chi connectivity index (χ4n) is 2.46. The Bertz CT molecular complexity index is 790. The summed E-state index contributed by atoms with van der Waals surface area (Å²) in [6.45, 7) is 1.92. The van der Waals surface area contributed by atoms with E-state index in [9.17, 15) is 9.59 Å². The minimum Gasteiger partial charge on any atom is -0.349 e. The second-order valence-electron chi connectivity index (χ2n) is 6.20. The molecular weight excluding hydrogens is 382 g/mol. The van der Waals surface area contributed by atoms with E-state index in [2.05, 4.69) is 31.9 Å². The van der Waals surface area contributed by atoms with E-state index in [1.807, 2.05) is 31.2 Å². The highest BCUT2D eigenvalue weighted by molar-refractivity contribution is 9.10. The minimum absolute atomic E-state index is 0.103. The Hall–Kier alpha value is -2.34. The zero-order valence-corrected chi connectivity index (χ0v) is 15.5. The third-order valence-corrected chi connectivity index (χ3v) is 4.48. The molecule has 25 heavy (non-hydrogen) atoms. The van der Waals surface area contributed by atoms with Crippen LogP contribution in [0.4, 0.5) is 10.5 Å². The van der Waals surface area contributed by atoms with Gasteiger partial charge in [-0.1, -0.05) is 34.1 Å². The minimum atomic E-state index is -0.313. The van der Waals surface area contributed by atoms with E-state index in [1.54, 1.807) is 24.3 Å². The van der Waals surface area contributed by atoms with E-state index < -0.39 is 0 Å². The molecule has 3 N–H and O–H groups in total. The van der Waals surface area contributed by atoms with Crippen molar-refractivity contribution in [3.05, 3.63) is 64.1 Å². The zero-order chi connectivity index (χ0) is 17.8. The molecule has 1 saturated carbocycles. The second-order valence-corrected chi connectivity index (χ2v) is 7.12. The van der Waals surface area contributed by atoms with Crippen LogP contribution >= 0.6 is 15.9 Å². The van der Waals surface area contributed by atoms with Crippen molar-refractivity contribution in [3.8, 4) is 0 Å². The molecule has 3 amide bonds. The number of carbonyl (C=O) groups is 2. The SMILES string of the molecule is C[C@@H](NC(=O)Nc1cccc(C(=O)NC2CC2)c1)c1cccc(Br)c1. The smallest absolute Gasteiger partial charge is 0.319 e. The van der Waals surface area contributed by atoms with Gasteiger partial charge in [0.25, 0.3) is 5.91 Å². The van der Waals surface area contributed by atoms with Gasteiger partial charge in [-0.25, -0.2) is 4.79 Å². The molecule has 1 aliphatic carbocycles. The van der Waals surface area contributed by atoms with E-state index in [0.29, 0.717) is 17.3 Å². The predicted octanol–water partition coefficient (Wildman–Crippen LogP) is 4.22. The van der Waals surface area contributed by atoms with Gasteiger partial charge in [0.15, 0.2) is 0 Å². The van der Waals surface area contributed by atoms with Crippen molar-refractivity contribution < 1.29 is 9.59 Å². The van der Waals surface area contributed by atoms with Crippen LogP contribution in [0.3, 0.4) is 0 Å². The van der Waals surface area contributed by atoms with E-state index in [0.717, 1.165) is 22.9 Å². The Balaban J connectivity index is 1.59. The average molecular weight is 402 g/mol. The zero-order valence-electron chi connectivity index (χ0n) is 13.9. The van der Waals surface area contributed by atoms with Crippen LogP contribution in [-0.2, 0) is 0 Å². The summed E-state index contributed by atoms with van der Waals surface area (Å²) in [5, 5.41) is 8.61. The van der Waals surface area contributed by atoms with Crippen LogP contribution < -0.4 is 16.0 Å². The van der Waals surface area contributed by atoms with Crippen molar-refractivity contribution in [1.29, 1.82) is 0 Å². The molecule has 1 aliphatic rings. The molecule has 0 radical (unpaired) electrons. The molecular formula is C19H20BrN3O2. The van der Waals surface area contributed by atoms with Crippen LogP contribution in [-0.4, -0.2) is 18.0 Å². The highest BCUT2D eigenvalue weighted by atomic mass is 79.9. The molecule has 130 valence electrons. The molecule has 2 aromatic carbocycles. The van der Waals surface area contributed by atoms with Crippen molar-refractivity contribution in [3.63, 3.8) is 0 Å². The summed E-state index contributed by atoms with van der Waals surface area (Å²) in [4.78, 5) is 24.3. The largest absolute Gasteiger partial charge is 0.349 e. The maximum absolute atomic E-state index is 12.2. The molecule has 5 nitrogen and oxygen atoms in total. The summed E-state index contributed by atoms with van der Waals surface area (Å²) in [7, 11) is 0. The van der Waals surface area contributed by atoms with Gasteiger partial charge in [-0.2, -0.15) is 0 Å². The number of hydrogen-bond acceptors (Lipinski definition) is 2. The molecule has 1 atom stereocenters. The van der Waals surface area contributed by atoms with Crippen molar-refractivity contribution in [2.75, 3.05) is 5.32 Å². The van der Waals surface area contributed by atoms with Gasteiger partial charge in [0.05, 0.1) is 6.04 Å². The van der Waals surface area contributed by atoms with Crippen molar-refractivity contribution >= 4 is 33.6 Å². The van der Waals surface area contributed by atoms with Gasteiger partial charge in [0.1, 0.15) is 0 Å². The first-order valence-corrected chi connectivity index (χ1v) is 9.04. The van der Waals surface area contributed by atoms with Crippen LogP contribution in [0.1, 0.15) is 41.7 Å². The van der Waals surface area contributed by atoms with Crippen LogP contribution in [0.25, 0.3) is 0 Å². The Morgan fingerprint density at radius 2 is 1.88 bits per heavy atom. The number of anilines is 1. The number of urea groups is 1. The van der Waals surface area contributed by atoms with Crippen LogP contribution in [0.15, 0.2) is 53.0 Å². The summed E-state index contributed by atoms with van der Waals surface area (Å²) in [6, 6.07) is 14.6. The molecule has 0 heterocycles. The Morgan fingerprint density at radius 3 is 2.60 bits per heavy atom. The summed E-state index contributed by atoms with van der Waals surface area (Å²) >= 11 is 3.43. The van der Waals surface area contributed by atoms with Gasteiger partial charge in [0, 0.05) is 21.8 Å². The highest BCUT2D eigenvalue weighted by Gasteiger charge is 2.23. The number of rotatable bonds is 5. The lowest BCUT2D eigenvalue weighted by Gasteiger charge is -2.15. The van der Waals surface area contributed by atoms with E-state index in [-0.39, 0.29) is 18.0 Å². The fraction of sp³-hybridized carbons (Fsp3) is 0.263. The number of carbonyl (C=O) groups excluding carboxylic acids is 2. The Kier molecular flexibility index (Phi) is 5.38. The third-order valence-electron chi connectivity index (χ3n) is 3.99. The van der Waals surface area contributed by atoms with Gasteiger partial charge < -0.3 is 16.0 Å². The fourth-order valence-corrected chi connectivity index (χ4v) is 2.87. The monoisotopic (exact) mass is 401 g/mol. The molecule has 0 bridgehead atoms. The normalized spacial score (nSPS) is 14.5. The van der Waals surface area contributed by atoms with Crippen molar-refractivity contribution in [2.24, 2.45) is 0 Å². The lowest BCUT2D eigenvalue weighted by Crippen LogP contribution is -2.31. The van der Waals surface area contributed by atoms with Crippen molar-refractivity contribution in [2.45, 2.75) is 31.8 Å². The summed E-state index contributed by atoms with van der Waals surface area (Å²) in [5.41, 5.74) is 2.13. The number of nitrogens with one attached hydrogen (secondary N) is 3. The Labute approximate surface area is 155 Å². The van der Waals surface area contributed by atoms with E-state index >= 15 is 0 Å². The highest BCUT2D eigenvalue weighted by Crippen LogP contribution is 2.20. The molecule has 0 aromatic heterocycles. The van der Waals surface area contributed by atoms with E-state index in [1.165, 1.54) is 0 Å². The average Bonchev–Trinajstić information content (AvgIpc) is 3.39. The molecule has 3 rings (SSSR count). The topological polar surface area (TPSA) is 70.2 Å². The van der Waals surface area contributed by atoms with E-state index in [4.69, 9.17) is 0 Å². The molecule has 1 fully saturated rings. The molecule has 2 aromatic rings. The van der Waals surface area contributed by atoms with Gasteiger partial charge in [0.2, 0.25) is 0 Å². The summed E-state index contributed by atoms with van der Waals surface area (Å²) < 4.78 is 0.966. The maximum atomic E-state index is 12.2. The second kappa shape index (κ2) is 7.70. The van der Waals surface area contributed by atoms with Gasteiger partial charge >= 0.3 is 6.03 Å². The predicted molar refractivity (Wildman–Crippen MR) is 102 cm³/mol. The lowest BCUT2D eigenvalue weighted by molar-refractivity contribution is 0.0951. The number of hydrogen-bond donors (Lipinski definition) is 3. The summed E-state index contributed by atoms with van der Waals surface area (Å²) in [6.07, 6.45) is 2.08. The first kappa shape index (κ1) is 17.5. The number of halogens is 1. The van der Waals surface area contributed by atoms with Gasteiger partial charge in [-0.15, -0.1) is 0 Å². The van der Waals surface area contributed by atoms with Crippen LogP contribution in [0.2, 0.25) is 0 Å². The lowest BCUT2D eigenvalue weighted by atomic mass is 10.1. The van der Waals surface area contributed by atoms with Gasteiger partial charge in [-0.05, 0) is 55.7 Å². The molecule has 6 heteroatoms. The molecule has 0 aliphatic heterocycles. The summed E-state index contributed by atoms with van der Waals surface area (Å²) in [5.74, 6) is -0.103. The van der Waals surface area contributed by atoms with Crippen LogP contribution in [0, 0.1) is 0 Å². The molecule has 0 unspecified atom stereocenters. The number of amides is 3. The first-order valence-electron chi connectivity index (χ1n) is 8.25. The molecule has 0 spiro atoms. The standard InChI is InChI=1S/C19H20BrN3O2/c1-12(13-4-2-6-15(20)10-13)21-19(25)23-17-7-3-5-14(11-17)18(24)22-16-8-9-16/h2-7,10-12,16H,8-9H2,1H3,(H,22,24)(H2,21,23,25)/t12-/m1/s1. The van der Waals surface area contributed by atoms with Crippen LogP contribution in [0.5, 0.6) is 0 Å². The van der Waals surface area contributed by atoms with Gasteiger partial charge in [-0.3, -0.25) is 4.79 Å². The third kappa shape index (κ3) is 5.06. The Morgan fingerprint density at radius 1 is 1.12 bits per heavy atom. The first-order chi connectivity index (χ1) is 12.0. The number of benzene rings is 2. The van der Waals surface area contributed by atoms with Crippen molar-refractivity contribution in [1.82, 2.24) is 10.6 Å². The maximum Gasteiger partial charge on any atom is 0.319 e. The molecule has 0 saturated heterocycles. The quantitative estimate of drug-likeness (QED) is 0.701.